The molecule has 0 saturated heterocycles. The number of aromatic nitrogens is 1. The van der Waals surface area contributed by atoms with Gasteiger partial charge in [0, 0.05) is 0 Å². The van der Waals surface area contributed by atoms with E-state index in [1.54, 1.807) is 30.6 Å². The summed E-state index contributed by atoms with van der Waals surface area (Å²) in [6.07, 6.45) is 0.305. The van der Waals surface area contributed by atoms with Crippen molar-refractivity contribution in [2.45, 2.75) is 6.42 Å². The summed E-state index contributed by atoms with van der Waals surface area (Å²) in [6.45, 7) is 0. The molecule has 0 fully saturated rings. The molecule has 100 valence electrons. The van der Waals surface area contributed by atoms with Crippen LogP contribution in [-0.2, 0) is 6.42 Å². The summed E-state index contributed by atoms with van der Waals surface area (Å²) >= 11 is 1.56. The molecule has 1 heterocycles. The molecule has 0 unspecified atom stereocenters. The van der Waals surface area contributed by atoms with Gasteiger partial charge in [-0.3, -0.25) is 4.79 Å². The predicted molar refractivity (Wildman–Crippen MR) is 80.6 cm³/mol. The number of rotatable bonds is 4. The van der Waals surface area contributed by atoms with Gasteiger partial charge >= 0.3 is 0 Å². The largest absolute Gasteiger partial charge is 0.496 e. The number of fused-ring (bicyclic) bond motifs is 1. The first-order valence-electron chi connectivity index (χ1n) is 6.28. The van der Waals surface area contributed by atoms with Crippen LogP contribution in [0.25, 0.3) is 10.2 Å². The van der Waals surface area contributed by atoms with Crippen LogP contribution in [0.15, 0.2) is 48.5 Å². The second-order valence-electron chi connectivity index (χ2n) is 4.38. The molecule has 0 N–H and O–H groups in total. The van der Waals surface area contributed by atoms with Crippen molar-refractivity contribution in [3.05, 3.63) is 59.1 Å². The van der Waals surface area contributed by atoms with Crippen molar-refractivity contribution in [3.8, 4) is 5.75 Å². The first-order chi connectivity index (χ1) is 9.78. The lowest BCUT2D eigenvalue weighted by Crippen LogP contribution is -2.05. The molecular formula is C16H13NO2S. The van der Waals surface area contributed by atoms with E-state index in [4.69, 9.17) is 4.74 Å². The second-order valence-corrected chi connectivity index (χ2v) is 5.49. The quantitative estimate of drug-likeness (QED) is 0.685. The molecule has 20 heavy (non-hydrogen) atoms. The van der Waals surface area contributed by atoms with Gasteiger partial charge in [-0.05, 0) is 24.3 Å². The highest BCUT2D eigenvalue weighted by Crippen LogP contribution is 2.24. The molecule has 0 spiro atoms. The standard InChI is InChI=1S/C16H13NO2S/c1-19-14-8-4-2-6-11(14)13(18)10-16-17-12-7-3-5-9-15(12)20-16/h2-9H,10H2,1H3. The van der Waals surface area contributed by atoms with E-state index in [0.29, 0.717) is 17.7 Å². The van der Waals surface area contributed by atoms with Crippen molar-refractivity contribution in [2.75, 3.05) is 7.11 Å². The number of carbonyl (C=O) groups excluding carboxylic acids is 1. The van der Waals surface area contributed by atoms with Crippen LogP contribution in [0.1, 0.15) is 15.4 Å². The Morgan fingerprint density at radius 1 is 1.15 bits per heavy atom. The summed E-state index contributed by atoms with van der Waals surface area (Å²) in [7, 11) is 1.57. The molecule has 1 aromatic heterocycles. The van der Waals surface area contributed by atoms with Crippen molar-refractivity contribution in [3.63, 3.8) is 0 Å². The third-order valence-electron chi connectivity index (χ3n) is 3.06. The molecule has 0 saturated carbocycles. The lowest BCUT2D eigenvalue weighted by atomic mass is 10.1. The summed E-state index contributed by atoms with van der Waals surface area (Å²) in [6, 6.07) is 15.2. The maximum Gasteiger partial charge on any atom is 0.173 e. The van der Waals surface area contributed by atoms with Crippen LogP contribution in [0.3, 0.4) is 0 Å². The third kappa shape index (κ3) is 2.42. The smallest absolute Gasteiger partial charge is 0.173 e. The molecule has 0 aliphatic rings. The van der Waals surface area contributed by atoms with Gasteiger partial charge in [0.2, 0.25) is 0 Å². The summed E-state index contributed by atoms with van der Waals surface area (Å²) in [5, 5.41) is 0.835. The number of carbonyl (C=O) groups is 1. The van der Waals surface area contributed by atoms with E-state index in [2.05, 4.69) is 4.98 Å². The Balaban J connectivity index is 1.88. The fourth-order valence-electron chi connectivity index (χ4n) is 2.10. The minimum Gasteiger partial charge on any atom is -0.496 e. The topological polar surface area (TPSA) is 39.2 Å². The Bertz CT molecular complexity index is 731. The Kier molecular flexibility index (Phi) is 3.48. The SMILES string of the molecule is COc1ccccc1C(=O)Cc1nc2ccccc2s1. The molecule has 3 nitrogen and oxygen atoms in total. The highest BCUT2D eigenvalue weighted by molar-refractivity contribution is 7.18. The number of thiazole rings is 1. The van der Waals surface area contributed by atoms with Crippen LogP contribution in [0.5, 0.6) is 5.75 Å². The van der Waals surface area contributed by atoms with Crippen LogP contribution in [0.4, 0.5) is 0 Å². The van der Waals surface area contributed by atoms with Crippen molar-refractivity contribution < 1.29 is 9.53 Å². The monoisotopic (exact) mass is 283 g/mol. The van der Waals surface area contributed by atoms with Crippen molar-refractivity contribution >= 4 is 27.3 Å². The van der Waals surface area contributed by atoms with E-state index in [1.807, 2.05) is 36.4 Å². The fourth-order valence-corrected chi connectivity index (χ4v) is 3.07. The Hall–Kier alpha value is -2.20. The van der Waals surface area contributed by atoms with Gasteiger partial charge in [-0.1, -0.05) is 24.3 Å². The highest BCUT2D eigenvalue weighted by atomic mass is 32.1. The second kappa shape index (κ2) is 5.43. The van der Waals surface area contributed by atoms with Gasteiger partial charge in [0.25, 0.3) is 0 Å². The van der Waals surface area contributed by atoms with Gasteiger partial charge in [-0.15, -0.1) is 11.3 Å². The average molecular weight is 283 g/mol. The minimum absolute atomic E-state index is 0.0292. The number of para-hydroxylation sites is 2. The fraction of sp³-hybridized carbons (Fsp3) is 0.125. The number of benzene rings is 2. The zero-order valence-electron chi connectivity index (χ0n) is 11.0. The molecule has 0 aliphatic heterocycles. The molecule has 0 atom stereocenters. The number of ether oxygens (including phenoxy) is 1. The number of ketones is 1. The van der Waals surface area contributed by atoms with Gasteiger partial charge in [0.15, 0.2) is 5.78 Å². The number of nitrogens with zero attached hydrogens (tertiary/aromatic N) is 1. The number of Topliss-reactive ketones (excluding diaryl/α,β-unsaturated/α-hetero) is 1. The highest BCUT2D eigenvalue weighted by Gasteiger charge is 2.14. The van der Waals surface area contributed by atoms with Gasteiger partial charge in [0.05, 0.1) is 29.3 Å². The van der Waals surface area contributed by atoms with Crippen LogP contribution in [0, 0.1) is 0 Å². The maximum atomic E-state index is 12.4. The lowest BCUT2D eigenvalue weighted by molar-refractivity contribution is 0.0990. The van der Waals surface area contributed by atoms with E-state index in [-0.39, 0.29) is 5.78 Å². The molecule has 4 heteroatoms. The Morgan fingerprint density at radius 2 is 1.90 bits per heavy atom. The van der Waals surface area contributed by atoms with Crippen LogP contribution in [0.2, 0.25) is 0 Å². The zero-order chi connectivity index (χ0) is 13.9. The van der Waals surface area contributed by atoms with Crippen molar-refractivity contribution in [1.82, 2.24) is 4.98 Å². The molecule has 0 amide bonds. The van der Waals surface area contributed by atoms with Crippen LogP contribution >= 0.6 is 11.3 Å². The third-order valence-corrected chi connectivity index (χ3v) is 4.09. The van der Waals surface area contributed by atoms with Gasteiger partial charge in [-0.2, -0.15) is 0 Å². The molecule has 0 bridgehead atoms. The number of hydrogen-bond donors (Lipinski definition) is 0. The molecule has 3 aromatic rings. The van der Waals surface area contributed by atoms with Crippen LogP contribution < -0.4 is 4.74 Å². The molecule has 3 rings (SSSR count). The van der Waals surface area contributed by atoms with E-state index < -0.39 is 0 Å². The van der Waals surface area contributed by atoms with Gasteiger partial charge in [0.1, 0.15) is 10.8 Å². The zero-order valence-corrected chi connectivity index (χ0v) is 11.8. The number of hydrogen-bond acceptors (Lipinski definition) is 4. The first-order valence-corrected chi connectivity index (χ1v) is 7.10. The molecular weight excluding hydrogens is 270 g/mol. The summed E-state index contributed by atoms with van der Waals surface area (Å²) < 4.78 is 6.33. The van der Waals surface area contributed by atoms with E-state index in [0.717, 1.165) is 15.2 Å². The van der Waals surface area contributed by atoms with E-state index >= 15 is 0 Å². The molecule has 2 aromatic carbocycles. The average Bonchev–Trinajstić information content (AvgIpc) is 2.89. The Labute approximate surface area is 120 Å². The van der Waals surface area contributed by atoms with Crippen molar-refractivity contribution in [1.29, 1.82) is 0 Å². The van der Waals surface area contributed by atoms with Gasteiger partial charge in [-0.25, -0.2) is 4.98 Å². The van der Waals surface area contributed by atoms with E-state index in [1.165, 1.54) is 0 Å². The first kappa shape index (κ1) is 12.8. The normalized spacial score (nSPS) is 10.7. The van der Waals surface area contributed by atoms with E-state index in [9.17, 15) is 4.79 Å². The summed E-state index contributed by atoms with van der Waals surface area (Å²) in [4.78, 5) is 16.8. The number of methoxy groups -OCH3 is 1. The molecule has 0 aliphatic carbocycles. The summed E-state index contributed by atoms with van der Waals surface area (Å²) in [5.74, 6) is 0.639. The van der Waals surface area contributed by atoms with Gasteiger partial charge < -0.3 is 4.74 Å². The van der Waals surface area contributed by atoms with Crippen LogP contribution in [-0.4, -0.2) is 17.9 Å². The Morgan fingerprint density at radius 3 is 2.70 bits per heavy atom. The lowest BCUT2D eigenvalue weighted by Gasteiger charge is -2.05. The summed E-state index contributed by atoms with van der Waals surface area (Å²) in [5.41, 5.74) is 1.55. The minimum atomic E-state index is 0.0292. The van der Waals surface area contributed by atoms with Crippen molar-refractivity contribution in [2.24, 2.45) is 0 Å². The maximum absolute atomic E-state index is 12.4. The molecule has 0 radical (unpaired) electrons. The predicted octanol–water partition coefficient (Wildman–Crippen LogP) is 3.73.